The van der Waals surface area contributed by atoms with Gasteiger partial charge in [0.2, 0.25) is 0 Å². The summed E-state index contributed by atoms with van der Waals surface area (Å²) in [7, 11) is -3.73. The quantitative estimate of drug-likeness (QED) is 0.442. The highest BCUT2D eigenvalue weighted by Crippen LogP contribution is 2.27. The van der Waals surface area contributed by atoms with E-state index < -0.39 is 15.6 Å². The molecule has 0 aromatic rings. The van der Waals surface area contributed by atoms with E-state index in [2.05, 4.69) is 8.92 Å². The average molecular weight is 347 g/mol. The first-order valence-corrected chi connectivity index (χ1v) is 7.69. The van der Waals surface area contributed by atoms with Crippen molar-refractivity contribution in [3.8, 4) is 0 Å². The van der Waals surface area contributed by atoms with E-state index in [4.69, 9.17) is 0 Å². The summed E-state index contributed by atoms with van der Waals surface area (Å²) in [6.07, 6.45) is 1.48. The number of nitrogens with zero attached hydrogens (tertiary/aromatic N) is 1. The summed E-state index contributed by atoms with van der Waals surface area (Å²) < 4.78 is 65.5. The molecule has 0 aliphatic carbocycles. The molecule has 0 saturated heterocycles. The van der Waals surface area contributed by atoms with Crippen LogP contribution in [0.15, 0.2) is 11.8 Å². The summed E-state index contributed by atoms with van der Waals surface area (Å²) in [6.45, 7) is 6.77. The summed E-state index contributed by atoms with van der Waals surface area (Å²) in [5, 5.41) is 0. The zero-order chi connectivity index (χ0) is 17.6. The molecule has 0 spiro atoms. The highest BCUT2D eigenvalue weighted by Gasteiger charge is 2.48. The van der Waals surface area contributed by atoms with Gasteiger partial charge in [0.25, 0.3) is 6.47 Å². The number of hydrogen-bond donors (Lipinski definition) is 0. The number of hydrogen-bond acceptors (Lipinski definition) is 6. The fraction of sp³-hybridized carbons (Fsp3) is 0.750. The van der Waals surface area contributed by atoms with Gasteiger partial charge < -0.3 is 13.8 Å². The molecule has 130 valence electrons. The lowest BCUT2D eigenvalue weighted by molar-refractivity contribution is -0.138. The second-order valence-corrected chi connectivity index (χ2v) is 7.03. The summed E-state index contributed by atoms with van der Waals surface area (Å²) >= 11 is 0. The fourth-order valence-corrected chi connectivity index (χ4v) is 1.69. The molecule has 6 nitrogen and oxygen atoms in total. The molecule has 0 aromatic carbocycles. The minimum atomic E-state index is -5.50. The van der Waals surface area contributed by atoms with Gasteiger partial charge >= 0.3 is 15.6 Å². The average Bonchev–Trinajstić information content (AvgIpc) is 2.29. The van der Waals surface area contributed by atoms with Crippen LogP contribution in [0, 0.1) is 0 Å². The molecule has 10 heteroatoms. The predicted octanol–water partition coefficient (Wildman–Crippen LogP) is 2.03. The summed E-state index contributed by atoms with van der Waals surface area (Å²) in [5.41, 5.74) is -5.68. The zero-order valence-corrected chi connectivity index (χ0v) is 13.6. The molecule has 0 atom stereocenters. The lowest BCUT2D eigenvalue weighted by Crippen LogP contribution is -2.29. The van der Waals surface area contributed by atoms with Crippen molar-refractivity contribution in [2.45, 2.75) is 38.3 Å². The Bertz CT molecular complexity index is 494. The lowest BCUT2D eigenvalue weighted by Gasteiger charge is -2.21. The van der Waals surface area contributed by atoms with E-state index in [-0.39, 0.29) is 17.8 Å². The molecule has 0 bridgehead atoms. The fourth-order valence-electron chi connectivity index (χ4n) is 1.16. The van der Waals surface area contributed by atoms with Gasteiger partial charge in [-0.25, -0.2) is 0 Å². The van der Waals surface area contributed by atoms with Crippen LogP contribution in [-0.2, 0) is 23.8 Å². The smallest absolute Gasteiger partial charge is 0.462 e. The van der Waals surface area contributed by atoms with Crippen molar-refractivity contribution < 1.29 is 35.3 Å². The van der Waals surface area contributed by atoms with E-state index >= 15 is 0 Å². The van der Waals surface area contributed by atoms with Crippen LogP contribution in [0.2, 0.25) is 0 Å². The Morgan fingerprint density at radius 1 is 1.27 bits per heavy atom. The van der Waals surface area contributed by atoms with Gasteiger partial charge in [0.1, 0.15) is 11.4 Å². The lowest BCUT2D eigenvalue weighted by atomic mass is 10.2. The van der Waals surface area contributed by atoms with Crippen molar-refractivity contribution in [3.05, 3.63) is 11.8 Å². The molecular formula is C12H20F3NO5S. The predicted molar refractivity (Wildman–Crippen MR) is 73.2 cm³/mol. The second-order valence-electron chi connectivity index (χ2n) is 5.49. The maximum absolute atomic E-state index is 11.9. The van der Waals surface area contributed by atoms with E-state index in [1.807, 2.05) is 25.7 Å². The third kappa shape index (κ3) is 8.23. The maximum atomic E-state index is 11.9. The van der Waals surface area contributed by atoms with Crippen molar-refractivity contribution in [1.82, 2.24) is 4.90 Å². The first-order chi connectivity index (χ1) is 9.78. The Kier molecular flexibility index (Phi) is 7.36. The van der Waals surface area contributed by atoms with E-state index in [1.165, 1.54) is 6.08 Å². The van der Waals surface area contributed by atoms with Crippen LogP contribution in [0.3, 0.4) is 0 Å². The molecule has 22 heavy (non-hydrogen) atoms. The Hall–Kier alpha value is -1.29. The number of rotatable bonds is 3. The van der Waals surface area contributed by atoms with Crippen molar-refractivity contribution >= 4 is 16.6 Å². The molecule has 0 saturated carbocycles. The molecule has 0 unspecified atom stereocenters. The summed E-state index contributed by atoms with van der Waals surface area (Å²) in [4.78, 5) is 11.4. The molecule has 1 heterocycles. The van der Waals surface area contributed by atoms with Gasteiger partial charge in [0.15, 0.2) is 0 Å². The van der Waals surface area contributed by atoms with Crippen LogP contribution in [-0.4, -0.2) is 51.0 Å². The normalized spacial score (nSPS) is 17.0. The zero-order valence-electron chi connectivity index (χ0n) is 12.8. The van der Waals surface area contributed by atoms with Crippen LogP contribution in [0.5, 0.6) is 0 Å². The van der Waals surface area contributed by atoms with Gasteiger partial charge in [0, 0.05) is 19.5 Å². The van der Waals surface area contributed by atoms with Crippen molar-refractivity contribution in [3.63, 3.8) is 0 Å². The van der Waals surface area contributed by atoms with Crippen molar-refractivity contribution in [2.75, 3.05) is 20.1 Å². The molecule has 0 N–H and O–H groups in total. The molecule has 0 radical (unpaired) electrons. The number of likely N-dealkylation sites (N-methyl/N-ethyl adjacent to an activating group) is 1. The molecule has 0 aromatic heterocycles. The van der Waals surface area contributed by atoms with E-state index in [0.717, 1.165) is 0 Å². The summed E-state index contributed by atoms with van der Waals surface area (Å²) in [5.74, 6) is -0.148. The Labute approximate surface area is 128 Å². The highest BCUT2D eigenvalue weighted by molar-refractivity contribution is 7.87. The highest BCUT2D eigenvalue weighted by atomic mass is 32.2. The van der Waals surface area contributed by atoms with Gasteiger partial charge in [-0.05, 0) is 33.9 Å². The number of carbonyl (C=O) groups excluding carboxylic acids is 1. The Morgan fingerprint density at radius 3 is 2.09 bits per heavy atom. The molecule has 1 aliphatic heterocycles. The van der Waals surface area contributed by atoms with Gasteiger partial charge in [0.05, 0.1) is 0 Å². The summed E-state index contributed by atoms with van der Waals surface area (Å²) in [6, 6.07) is 0. The van der Waals surface area contributed by atoms with Crippen LogP contribution in [0.25, 0.3) is 0 Å². The van der Waals surface area contributed by atoms with Gasteiger partial charge in [-0.15, -0.1) is 0 Å². The van der Waals surface area contributed by atoms with Gasteiger partial charge in [-0.1, -0.05) is 0 Å². The largest absolute Gasteiger partial charge is 0.534 e. The Morgan fingerprint density at radius 2 is 1.82 bits per heavy atom. The standard InChI is InChI=1S/C7H10F3NO3S.C5H10O2/c1-11-4-2-6(3-5-11)14-15(12,13)7(8,9)10;1-5(2,3)7-4-6/h2H,3-5H2,1H3;4H,1-3H3. The van der Waals surface area contributed by atoms with E-state index in [1.54, 1.807) is 7.05 Å². The SMILES string of the molecule is CC(C)(C)OC=O.CN1CC=C(OS(=O)(=O)C(F)(F)F)CC1. The molecule has 1 aliphatic rings. The first kappa shape index (κ1) is 20.7. The topological polar surface area (TPSA) is 72.9 Å². The molecular weight excluding hydrogens is 327 g/mol. The van der Waals surface area contributed by atoms with Crippen LogP contribution < -0.4 is 0 Å². The van der Waals surface area contributed by atoms with Crippen LogP contribution in [0.4, 0.5) is 13.2 Å². The molecule has 1 rings (SSSR count). The number of alkyl halides is 3. The maximum Gasteiger partial charge on any atom is 0.534 e. The Balaban J connectivity index is 0.000000534. The van der Waals surface area contributed by atoms with Crippen molar-refractivity contribution in [1.29, 1.82) is 0 Å². The number of halogens is 3. The third-order valence-electron chi connectivity index (χ3n) is 2.27. The van der Waals surface area contributed by atoms with E-state index in [9.17, 15) is 26.4 Å². The third-order valence-corrected chi connectivity index (χ3v) is 3.27. The van der Waals surface area contributed by atoms with Gasteiger partial charge in [-0.3, -0.25) is 4.79 Å². The second kappa shape index (κ2) is 7.82. The number of ether oxygens (including phenoxy) is 1. The first-order valence-electron chi connectivity index (χ1n) is 6.28. The van der Waals surface area contributed by atoms with Crippen LogP contribution in [0.1, 0.15) is 27.2 Å². The van der Waals surface area contributed by atoms with Gasteiger partial charge in [-0.2, -0.15) is 21.6 Å². The molecule has 0 amide bonds. The monoisotopic (exact) mass is 347 g/mol. The minimum Gasteiger partial charge on any atom is -0.462 e. The molecule has 0 fully saturated rings. The van der Waals surface area contributed by atoms with E-state index in [0.29, 0.717) is 19.6 Å². The van der Waals surface area contributed by atoms with Crippen molar-refractivity contribution in [2.24, 2.45) is 0 Å². The number of carbonyl (C=O) groups is 1. The minimum absolute atomic E-state index is 0.148. The van der Waals surface area contributed by atoms with Crippen LogP contribution >= 0.6 is 0 Å².